The second kappa shape index (κ2) is 6.55. The third-order valence-electron chi connectivity index (χ3n) is 2.73. The number of ether oxygens (including phenoxy) is 1. The normalized spacial score (nSPS) is 12.0. The van der Waals surface area contributed by atoms with Crippen molar-refractivity contribution >= 4 is 37.5 Å². The zero-order chi connectivity index (χ0) is 15.6. The minimum Gasteiger partial charge on any atom is -0.456 e. The van der Waals surface area contributed by atoms with Crippen LogP contribution < -0.4 is 4.74 Å². The molecular weight excluding hydrogens is 406 g/mol. The molecule has 0 unspecified atom stereocenters. The first-order chi connectivity index (χ1) is 9.86. The van der Waals surface area contributed by atoms with Gasteiger partial charge in [0.05, 0.1) is 21.6 Å². The molecule has 0 aromatic heterocycles. The highest BCUT2D eigenvalue weighted by molar-refractivity contribution is 9.10. The van der Waals surface area contributed by atoms with Crippen molar-refractivity contribution in [2.75, 3.05) is 0 Å². The maximum absolute atomic E-state index is 10.8. The van der Waals surface area contributed by atoms with Gasteiger partial charge in [0.25, 0.3) is 5.69 Å². The Kier molecular flexibility index (Phi) is 4.97. The van der Waals surface area contributed by atoms with Crippen LogP contribution >= 0.6 is 31.9 Å². The molecule has 0 saturated carbocycles. The van der Waals surface area contributed by atoms with E-state index in [9.17, 15) is 15.2 Å². The number of nitrogens with zero attached hydrogens (tertiary/aromatic N) is 1. The van der Waals surface area contributed by atoms with E-state index in [0.29, 0.717) is 20.4 Å². The van der Waals surface area contributed by atoms with Crippen LogP contribution in [0.15, 0.2) is 45.3 Å². The second-order valence-electron chi connectivity index (χ2n) is 4.37. The maximum Gasteiger partial charge on any atom is 0.274 e. The lowest BCUT2D eigenvalue weighted by molar-refractivity contribution is -0.385. The molecule has 0 saturated heterocycles. The van der Waals surface area contributed by atoms with Gasteiger partial charge >= 0.3 is 0 Å². The molecule has 0 aliphatic carbocycles. The lowest BCUT2D eigenvalue weighted by atomic mass is 10.1. The molecule has 0 spiro atoms. The summed E-state index contributed by atoms with van der Waals surface area (Å²) in [5.41, 5.74) is 0.686. The van der Waals surface area contributed by atoms with Crippen LogP contribution in [0.25, 0.3) is 0 Å². The number of halogens is 2. The number of aliphatic hydroxyl groups excluding tert-OH is 1. The molecule has 1 N–H and O–H groups in total. The van der Waals surface area contributed by atoms with Gasteiger partial charge in [-0.25, -0.2) is 0 Å². The monoisotopic (exact) mass is 415 g/mol. The average molecular weight is 417 g/mol. The van der Waals surface area contributed by atoms with Gasteiger partial charge in [-0.1, -0.05) is 22.0 Å². The average Bonchev–Trinajstić information content (AvgIpc) is 2.40. The number of hydrogen-bond donors (Lipinski definition) is 1. The zero-order valence-corrected chi connectivity index (χ0v) is 14.1. The van der Waals surface area contributed by atoms with Crippen LogP contribution in [0, 0.1) is 10.1 Å². The van der Waals surface area contributed by atoms with Crippen LogP contribution in [0.5, 0.6) is 11.5 Å². The molecular formula is C14H11Br2NO4. The first-order valence-electron chi connectivity index (χ1n) is 5.97. The smallest absolute Gasteiger partial charge is 0.274 e. The molecule has 0 radical (unpaired) electrons. The summed E-state index contributed by atoms with van der Waals surface area (Å²) in [6, 6.07) is 9.56. The molecule has 2 rings (SSSR count). The predicted octanol–water partition coefficient (Wildman–Crippen LogP) is 4.97. The Labute approximate surface area is 138 Å². The van der Waals surface area contributed by atoms with Crippen molar-refractivity contribution < 1.29 is 14.8 Å². The summed E-state index contributed by atoms with van der Waals surface area (Å²) in [5.74, 6) is 0.855. The zero-order valence-electron chi connectivity index (χ0n) is 10.9. The second-order valence-corrected chi connectivity index (χ2v) is 6.14. The van der Waals surface area contributed by atoms with Gasteiger partial charge in [0.2, 0.25) is 0 Å². The number of nitro benzene ring substituents is 1. The summed E-state index contributed by atoms with van der Waals surface area (Å²) < 4.78 is 6.87. The van der Waals surface area contributed by atoms with Crippen molar-refractivity contribution in [1.82, 2.24) is 0 Å². The third-order valence-corrected chi connectivity index (χ3v) is 3.81. The molecule has 2 aromatic carbocycles. The van der Waals surface area contributed by atoms with Crippen molar-refractivity contribution in [3.05, 3.63) is 61.0 Å². The maximum atomic E-state index is 10.8. The molecule has 2 aromatic rings. The Morgan fingerprint density at radius 2 is 1.95 bits per heavy atom. The number of non-ortho nitro benzene ring substituents is 1. The van der Waals surface area contributed by atoms with Crippen LogP contribution in [0.4, 0.5) is 5.69 Å². The fourth-order valence-corrected chi connectivity index (χ4v) is 2.64. The van der Waals surface area contributed by atoms with Crippen molar-refractivity contribution in [2.24, 2.45) is 0 Å². The van der Waals surface area contributed by atoms with Gasteiger partial charge in [-0.05, 0) is 46.6 Å². The van der Waals surface area contributed by atoms with Crippen molar-refractivity contribution in [3.63, 3.8) is 0 Å². The van der Waals surface area contributed by atoms with Crippen molar-refractivity contribution in [3.8, 4) is 11.5 Å². The van der Waals surface area contributed by atoms with Crippen LogP contribution in [0.2, 0.25) is 0 Å². The van der Waals surface area contributed by atoms with E-state index in [2.05, 4.69) is 31.9 Å². The summed E-state index contributed by atoms with van der Waals surface area (Å²) >= 11 is 6.57. The molecule has 0 aliphatic rings. The molecule has 110 valence electrons. The molecule has 5 nitrogen and oxygen atoms in total. The van der Waals surface area contributed by atoms with E-state index in [1.165, 1.54) is 12.1 Å². The largest absolute Gasteiger partial charge is 0.456 e. The molecule has 0 heterocycles. The fourth-order valence-electron chi connectivity index (χ4n) is 1.70. The number of hydrogen-bond acceptors (Lipinski definition) is 4. The fraction of sp³-hybridized carbons (Fsp3) is 0.143. The van der Waals surface area contributed by atoms with E-state index in [4.69, 9.17) is 4.74 Å². The van der Waals surface area contributed by atoms with E-state index in [1.807, 2.05) is 0 Å². The molecule has 0 aliphatic heterocycles. The summed E-state index contributed by atoms with van der Waals surface area (Å²) in [5, 5.41) is 20.4. The van der Waals surface area contributed by atoms with E-state index in [0.717, 1.165) is 5.56 Å². The van der Waals surface area contributed by atoms with E-state index >= 15 is 0 Å². The number of aliphatic hydroxyl groups is 1. The molecule has 0 amide bonds. The molecule has 0 fully saturated rings. The molecule has 7 heteroatoms. The van der Waals surface area contributed by atoms with Crippen molar-refractivity contribution in [2.45, 2.75) is 13.0 Å². The summed E-state index contributed by atoms with van der Waals surface area (Å²) in [6.07, 6.45) is -0.581. The Balaban J connectivity index is 2.32. The van der Waals surface area contributed by atoms with Gasteiger partial charge in [-0.15, -0.1) is 0 Å². The topological polar surface area (TPSA) is 72.6 Å². The Morgan fingerprint density at radius 3 is 2.52 bits per heavy atom. The quantitative estimate of drug-likeness (QED) is 0.564. The number of rotatable bonds is 4. The van der Waals surface area contributed by atoms with Gasteiger partial charge in [0, 0.05) is 10.5 Å². The summed E-state index contributed by atoms with van der Waals surface area (Å²) in [6.45, 7) is 1.67. The van der Waals surface area contributed by atoms with Gasteiger partial charge in [-0.2, -0.15) is 0 Å². The molecule has 0 bridgehead atoms. The Hall–Kier alpha value is -1.44. The van der Waals surface area contributed by atoms with E-state index in [-0.39, 0.29) is 5.69 Å². The number of nitro groups is 1. The van der Waals surface area contributed by atoms with Gasteiger partial charge in [0.1, 0.15) is 11.5 Å². The van der Waals surface area contributed by atoms with Crippen LogP contribution in [-0.2, 0) is 0 Å². The van der Waals surface area contributed by atoms with Crippen LogP contribution in [0.1, 0.15) is 18.6 Å². The molecule has 21 heavy (non-hydrogen) atoms. The first kappa shape index (κ1) is 15.9. The lowest BCUT2D eigenvalue weighted by Crippen LogP contribution is -1.93. The summed E-state index contributed by atoms with van der Waals surface area (Å²) in [4.78, 5) is 10.4. The van der Waals surface area contributed by atoms with Gasteiger partial charge < -0.3 is 9.84 Å². The minimum atomic E-state index is -0.581. The standard InChI is InChI=1S/C14H11Br2NO4/c1-8(18)9-2-3-14(13(16)4-9)21-12-6-10(15)5-11(7-12)17(19)20/h2-8,18H,1H3/t8-/m0/s1. The summed E-state index contributed by atoms with van der Waals surface area (Å²) in [7, 11) is 0. The highest BCUT2D eigenvalue weighted by Crippen LogP contribution is 2.34. The Morgan fingerprint density at radius 1 is 1.24 bits per heavy atom. The highest BCUT2D eigenvalue weighted by Gasteiger charge is 2.12. The molecule has 1 atom stereocenters. The van der Waals surface area contributed by atoms with E-state index < -0.39 is 11.0 Å². The van der Waals surface area contributed by atoms with Crippen LogP contribution in [-0.4, -0.2) is 10.0 Å². The highest BCUT2D eigenvalue weighted by atomic mass is 79.9. The third kappa shape index (κ3) is 4.03. The van der Waals surface area contributed by atoms with E-state index in [1.54, 1.807) is 31.2 Å². The first-order valence-corrected chi connectivity index (χ1v) is 7.56. The number of benzene rings is 2. The van der Waals surface area contributed by atoms with Crippen molar-refractivity contribution in [1.29, 1.82) is 0 Å². The predicted molar refractivity (Wildman–Crippen MR) is 85.6 cm³/mol. The van der Waals surface area contributed by atoms with Gasteiger partial charge in [0.15, 0.2) is 0 Å². The van der Waals surface area contributed by atoms with Crippen LogP contribution in [0.3, 0.4) is 0 Å². The van der Waals surface area contributed by atoms with Gasteiger partial charge in [-0.3, -0.25) is 10.1 Å². The Bertz CT molecular complexity index is 689. The minimum absolute atomic E-state index is 0.0592. The lowest BCUT2D eigenvalue weighted by Gasteiger charge is -2.11. The SMILES string of the molecule is C[C@H](O)c1ccc(Oc2cc(Br)cc([N+](=O)[O-])c2)c(Br)c1.